The summed E-state index contributed by atoms with van der Waals surface area (Å²) in [6, 6.07) is 36.3. The maximum absolute atomic E-state index is 14.4. The first-order valence-electron chi connectivity index (χ1n) is 18.8. The molecule has 4 heterocycles. The van der Waals surface area contributed by atoms with Gasteiger partial charge in [0.2, 0.25) is 0 Å². The number of para-hydroxylation sites is 1. The molecular weight excluding hydrogens is 695 g/mol. The SMILES string of the molecule is Cc1c2c(-c3ccc(F)cc3)nc3cc(C4C=C(c5ccncc5)C=C(c5ccncc5)C4)ccc3c2c(C)c2c(-c3ccc(F)cc3)nc3ccccc3c12. The molecule has 0 fully saturated rings. The molecule has 0 saturated carbocycles. The van der Waals surface area contributed by atoms with Gasteiger partial charge in [-0.25, -0.2) is 18.7 Å². The Bertz CT molecular complexity index is 3060. The van der Waals surface area contributed by atoms with Gasteiger partial charge < -0.3 is 0 Å². The molecule has 9 aromatic rings. The lowest BCUT2D eigenvalue weighted by Crippen LogP contribution is -2.05. The fourth-order valence-electron chi connectivity index (χ4n) is 8.63. The number of benzene rings is 5. The van der Waals surface area contributed by atoms with Gasteiger partial charge in [-0.05, 0) is 155 Å². The molecule has 1 aliphatic rings. The third-order valence-corrected chi connectivity index (χ3v) is 11.3. The maximum atomic E-state index is 14.4. The summed E-state index contributed by atoms with van der Waals surface area (Å²) in [5.74, 6) is -0.520. The average molecular weight is 729 g/mol. The van der Waals surface area contributed by atoms with Crippen molar-refractivity contribution in [2.24, 2.45) is 0 Å². The summed E-state index contributed by atoms with van der Waals surface area (Å²) in [6.45, 7) is 4.31. The Hall–Kier alpha value is -6.92. The van der Waals surface area contributed by atoms with Crippen LogP contribution in [-0.4, -0.2) is 19.9 Å². The molecule has 0 radical (unpaired) electrons. The molecular formula is C50H34F2N4. The standard InChI is InChI=1S/C50H34F2N4/c1-29-45-41-5-3-4-6-43(41)55-49(33-7-12-39(51)13-8-33)47(45)30(2)46-42-16-11-35(28-44(42)56-50(48(29)46)34-9-14-40(52)15-10-34)38-26-36(31-17-21-53-22-18-31)25-37(27-38)32-19-23-54-24-20-32/h3-26,28,38H,27H2,1-2H3. The molecule has 1 aliphatic carbocycles. The summed E-state index contributed by atoms with van der Waals surface area (Å²) in [4.78, 5) is 19.2. The van der Waals surface area contributed by atoms with Gasteiger partial charge in [-0.1, -0.05) is 42.5 Å². The quantitative estimate of drug-likeness (QED) is 0.131. The van der Waals surface area contributed by atoms with Crippen LogP contribution in [-0.2, 0) is 0 Å². The van der Waals surface area contributed by atoms with Gasteiger partial charge in [0, 0.05) is 63.4 Å². The molecule has 0 bridgehead atoms. The highest BCUT2D eigenvalue weighted by Crippen LogP contribution is 2.46. The Labute approximate surface area is 322 Å². The van der Waals surface area contributed by atoms with Crippen LogP contribution in [0.1, 0.15) is 40.2 Å². The monoisotopic (exact) mass is 728 g/mol. The first-order chi connectivity index (χ1) is 27.4. The number of nitrogens with zero attached hydrogens (tertiary/aromatic N) is 4. The van der Waals surface area contributed by atoms with Gasteiger partial charge in [0.25, 0.3) is 0 Å². The highest BCUT2D eigenvalue weighted by Gasteiger charge is 2.24. The van der Waals surface area contributed by atoms with Gasteiger partial charge in [0.15, 0.2) is 0 Å². The highest BCUT2D eigenvalue weighted by molar-refractivity contribution is 6.25. The average Bonchev–Trinajstić information content (AvgIpc) is 3.25. The molecule has 5 aromatic carbocycles. The fourth-order valence-corrected chi connectivity index (χ4v) is 8.63. The predicted octanol–water partition coefficient (Wildman–Crippen LogP) is 12.8. The van der Waals surface area contributed by atoms with E-state index in [1.54, 1.807) is 12.1 Å². The van der Waals surface area contributed by atoms with Crippen LogP contribution in [0.15, 0.2) is 152 Å². The van der Waals surface area contributed by atoms with Crippen molar-refractivity contribution in [1.82, 2.24) is 19.9 Å². The number of aromatic nitrogens is 4. The highest BCUT2D eigenvalue weighted by atomic mass is 19.1. The van der Waals surface area contributed by atoms with E-state index in [0.717, 1.165) is 106 Å². The van der Waals surface area contributed by atoms with E-state index in [1.807, 2.05) is 67.3 Å². The Morgan fingerprint density at radius 1 is 0.518 bits per heavy atom. The second-order valence-electron chi connectivity index (χ2n) is 14.6. The van der Waals surface area contributed by atoms with Crippen molar-refractivity contribution in [2.75, 3.05) is 0 Å². The molecule has 6 heteroatoms. The predicted molar refractivity (Wildman–Crippen MR) is 224 cm³/mol. The third kappa shape index (κ3) is 5.64. The molecule has 0 spiro atoms. The van der Waals surface area contributed by atoms with Crippen LogP contribution in [0.5, 0.6) is 0 Å². The zero-order chi connectivity index (χ0) is 37.9. The number of hydrogen-bond donors (Lipinski definition) is 0. The van der Waals surface area contributed by atoms with Gasteiger partial charge in [0.1, 0.15) is 11.6 Å². The van der Waals surface area contributed by atoms with Gasteiger partial charge in [-0.2, -0.15) is 0 Å². The molecule has 1 unspecified atom stereocenters. The number of pyridine rings is 4. The van der Waals surface area contributed by atoms with Crippen LogP contribution >= 0.6 is 0 Å². The summed E-state index contributed by atoms with van der Waals surface area (Å²) in [6.07, 6.45) is 12.8. The van der Waals surface area contributed by atoms with E-state index in [4.69, 9.17) is 9.97 Å². The summed E-state index contributed by atoms with van der Waals surface area (Å²) in [5, 5.41) is 6.24. The summed E-state index contributed by atoms with van der Waals surface area (Å²) >= 11 is 0. The van der Waals surface area contributed by atoms with E-state index in [9.17, 15) is 8.78 Å². The molecule has 0 amide bonds. The summed E-state index contributed by atoms with van der Waals surface area (Å²) in [5.41, 5.74) is 12.9. The lowest BCUT2D eigenvalue weighted by molar-refractivity contribution is 0.627. The van der Waals surface area contributed by atoms with Crippen LogP contribution < -0.4 is 0 Å². The largest absolute Gasteiger partial charge is 0.265 e. The second kappa shape index (κ2) is 13.4. The Kier molecular flexibility index (Phi) is 8.07. The smallest absolute Gasteiger partial charge is 0.123 e. The van der Waals surface area contributed by atoms with Gasteiger partial charge in [-0.3, -0.25) is 9.97 Å². The summed E-state index contributed by atoms with van der Waals surface area (Å²) < 4.78 is 28.7. The topological polar surface area (TPSA) is 51.6 Å². The Balaban J connectivity index is 1.26. The number of hydrogen-bond acceptors (Lipinski definition) is 4. The number of fused-ring (bicyclic) bond motifs is 6. The van der Waals surface area contributed by atoms with Crippen molar-refractivity contribution in [3.05, 3.63) is 192 Å². The summed E-state index contributed by atoms with van der Waals surface area (Å²) in [7, 11) is 0. The van der Waals surface area contributed by atoms with E-state index >= 15 is 0 Å². The third-order valence-electron chi connectivity index (χ3n) is 11.3. The molecule has 4 aromatic heterocycles. The van der Waals surface area contributed by atoms with Crippen LogP contribution in [0.4, 0.5) is 8.78 Å². The van der Waals surface area contributed by atoms with Gasteiger partial charge >= 0.3 is 0 Å². The number of halogens is 2. The van der Waals surface area contributed by atoms with Crippen LogP contribution in [0.2, 0.25) is 0 Å². The Morgan fingerprint density at radius 2 is 1.05 bits per heavy atom. The van der Waals surface area contributed by atoms with E-state index in [2.05, 4.69) is 72.4 Å². The molecule has 268 valence electrons. The molecule has 56 heavy (non-hydrogen) atoms. The minimum absolute atomic E-state index is 0.0718. The minimum atomic E-state index is -0.298. The second-order valence-corrected chi connectivity index (χ2v) is 14.6. The van der Waals surface area contributed by atoms with Crippen molar-refractivity contribution < 1.29 is 8.78 Å². The fraction of sp³-hybridized carbons (Fsp3) is 0.0800. The van der Waals surface area contributed by atoms with Gasteiger partial charge in [0.05, 0.1) is 22.4 Å². The number of rotatable bonds is 5. The Morgan fingerprint density at radius 3 is 1.66 bits per heavy atom. The molecule has 1 atom stereocenters. The lowest BCUT2D eigenvalue weighted by Gasteiger charge is -2.24. The van der Waals surface area contributed by atoms with Crippen LogP contribution in [0, 0.1) is 25.5 Å². The van der Waals surface area contributed by atoms with Crippen molar-refractivity contribution in [1.29, 1.82) is 0 Å². The van der Waals surface area contributed by atoms with Crippen molar-refractivity contribution >= 4 is 54.5 Å². The minimum Gasteiger partial charge on any atom is -0.265 e. The van der Waals surface area contributed by atoms with Crippen molar-refractivity contribution in [2.45, 2.75) is 26.2 Å². The van der Waals surface area contributed by atoms with Crippen LogP contribution in [0.25, 0.3) is 77.0 Å². The van der Waals surface area contributed by atoms with E-state index in [1.165, 1.54) is 29.8 Å². The zero-order valence-corrected chi connectivity index (χ0v) is 30.8. The van der Waals surface area contributed by atoms with E-state index in [-0.39, 0.29) is 17.6 Å². The van der Waals surface area contributed by atoms with Crippen LogP contribution in [0.3, 0.4) is 0 Å². The molecule has 10 rings (SSSR count). The number of allylic oxidation sites excluding steroid dienone is 4. The first-order valence-corrected chi connectivity index (χ1v) is 18.8. The van der Waals surface area contributed by atoms with E-state index in [0.29, 0.717) is 0 Å². The lowest BCUT2D eigenvalue weighted by atomic mass is 9.81. The molecule has 4 nitrogen and oxygen atoms in total. The molecule has 0 N–H and O–H groups in total. The van der Waals surface area contributed by atoms with Crippen molar-refractivity contribution in [3.8, 4) is 22.5 Å². The van der Waals surface area contributed by atoms with E-state index < -0.39 is 0 Å². The van der Waals surface area contributed by atoms with Gasteiger partial charge in [-0.15, -0.1) is 0 Å². The first kappa shape index (κ1) is 33.6. The van der Waals surface area contributed by atoms with Crippen molar-refractivity contribution in [3.63, 3.8) is 0 Å². The maximum Gasteiger partial charge on any atom is 0.123 e. The molecule has 0 saturated heterocycles. The molecule has 0 aliphatic heterocycles. The zero-order valence-electron chi connectivity index (χ0n) is 30.8. The normalized spacial score (nSPS) is 14.4. The number of aryl methyl sites for hydroxylation is 2.